The zero-order chi connectivity index (χ0) is 13.9. The van der Waals surface area contributed by atoms with Crippen molar-refractivity contribution >= 4 is 0 Å². The zero-order valence-corrected chi connectivity index (χ0v) is 9.57. The van der Waals surface area contributed by atoms with E-state index in [2.05, 4.69) is 0 Å². The highest BCUT2D eigenvalue weighted by Crippen LogP contribution is 2.42. The van der Waals surface area contributed by atoms with E-state index in [1.807, 2.05) is 0 Å². The predicted molar refractivity (Wildman–Crippen MR) is 50.3 cm³/mol. The number of aliphatic hydroxyl groups excluding tert-OH is 1. The average molecular weight is 266 g/mol. The van der Waals surface area contributed by atoms with Crippen molar-refractivity contribution in [2.45, 2.75) is 51.6 Å². The molecule has 0 aromatic heterocycles. The molecule has 0 spiro atoms. The lowest BCUT2D eigenvalue weighted by molar-refractivity contribution is -0.307. The Labute approximate surface area is 95.8 Å². The molecule has 0 aromatic rings. The van der Waals surface area contributed by atoms with E-state index in [0.717, 1.165) is 0 Å². The smallest absolute Gasteiger partial charge is 0.392 e. The van der Waals surface area contributed by atoms with Gasteiger partial charge in [-0.25, -0.2) is 0 Å². The second-order valence-electron chi connectivity index (χ2n) is 4.26. The largest absolute Gasteiger partial charge is 0.403 e. The number of hydrogen-bond donors (Lipinski definition) is 1. The second kappa shape index (κ2) is 5.93. The highest BCUT2D eigenvalue weighted by molar-refractivity contribution is 4.83. The molecule has 104 valence electrons. The van der Waals surface area contributed by atoms with Gasteiger partial charge in [-0.05, 0) is 12.3 Å². The molecule has 7 heteroatoms. The van der Waals surface area contributed by atoms with Gasteiger partial charge in [-0.2, -0.15) is 26.3 Å². The van der Waals surface area contributed by atoms with Crippen LogP contribution in [0.2, 0.25) is 0 Å². The summed E-state index contributed by atoms with van der Waals surface area (Å²) in [4.78, 5) is 0. The van der Waals surface area contributed by atoms with E-state index in [1.165, 1.54) is 6.92 Å². The van der Waals surface area contributed by atoms with Gasteiger partial charge < -0.3 is 5.11 Å². The Balaban J connectivity index is 4.73. The highest BCUT2D eigenvalue weighted by atomic mass is 19.4. The van der Waals surface area contributed by atoms with E-state index < -0.39 is 30.8 Å². The molecular weight excluding hydrogens is 250 g/mol. The monoisotopic (exact) mass is 266 g/mol. The number of alkyl halides is 6. The molecule has 0 bridgehead atoms. The standard InChI is InChI=1S/C10H16F6O/c1-3-4-6(2)5-7(17)8(9(11,12)13)10(14,15)16/h6-8,17H,3-5H2,1-2H3. The minimum absolute atomic E-state index is 0.373. The van der Waals surface area contributed by atoms with E-state index in [4.69, 9.17) is 5.11 Å². The SMILES string of the molecule is CCCC(C)CC(O)C(C(F)(F)F)C(F)(F)F. The van der Waals surface area contributed by atoms with Crippen molar-refractivity contribution in [3.05, 3.63) is 0 Å². The van der Waals surface area contributed by atoms with Gasteiger partial charge in [0.1, 0.15) is 0 Å². The Morgan fingerprint density at radius 1 is 1.00 bits per heavy atom. The summed E-state index contributed by atoms with van der Waals surface area (Å²) in [6.45, 7) is 3.30. The second-order valence-corrected chi connectivity index (χ2v) is 4.26. The van der Waals surface area contributed by atoms with Crippen LogP contribution in [0.4, 0.5) is 26.3 Å². The van der Waals surface area contributed by atoms with E-state index in [-0.39, 0.29) is 5.92 Å². The Bertz CT molecular complexity index is 208. The van der Waals surface area contributed by atoms with Gasteiger partial charge in [-0.3, -0.25) is 0 Å². The Morgan fingerprint density at radius 2 is 1.41 bits per heavy atom. The van der Waals surface area contributed by atoms with Gasteiger partial charge >= 0.3 is 12.4 Å². The molecule has 2 atom stereocenters. The maximum absolute atomic E-state index is 12.2. The van der Waals surface area contributed by atoms with Gasteiger partial charge in [0.05, 0.1) is 6.10 Å². The lowest BCUT2D eigenvalue weighted by atomic mass is 9.90. The highest BCUT2D eigenvalue weighted by Gasteiger charge is 2.59. The molecule has 0 saturated heterocycles. The Morgan fingerprint density at radius 3 is 1.71 bits per heavy atom. The molecule has 0 aliphatic rings. The van der Waals surface area contributed by atoms with Gasteiger partial charge in [0, 0.05) is 0 Å². The maximum Gasteiger partial charge on any atom is 0.403 e. The van der Waals surface area contributed by atoms with Crippen molar-refractivity contribution in [3.63, 3.8) is 0 Å². The van der Waals surface area contributed by atoms with Crippen molar-refractivity contribution in [3.8, 4) is 0 Å². The fraction of sp³-hybridized carbons (Fsp3) is 1.00. The molecule has 0 saturated carbocycles. The molecule has 2 unspecified atom stereocenters. The van der Waals surface area contributed by atoms with Crippen molar-refractivity contribution in [2.24, 2.45) is 11.8 Å². The molecule has 1 nitrogen and oxygen atoms in total. The van der Waals surface area contributed by atoms with Gasteiger partial charge in [0.25, 0.3) is 0 Å². The van der Waals surface area contributed by atoms with E-state index in [0.29, 0.717) is 12.8 Å². The molecule has 1 N–H and O–H groups in total. The summed E-state index contributed by atoms with van der Waals surface area (Å²) in [5.41, 5.74) is 0. The van der Waals surface area contributed by atoms with Crippen LogP contribution >= 0.6 is 0 Å². The zero-order valence-electron chi connectivity index (χ0n) is 9.57. The topological polar surface area (TPSA) is 20.2 Å². The van der Waals surface area contributed by atoms with Crippen LogP contribution in [0.3, 0.4) is 0 Å². The van der Waals surface area contributed by atoms with Crippen LogP contribution in [-0.2, 0) is 0 Å². The van der Waals surface area contributed by atoms with Crippen LogP contribution in [0.25, 0.3) is 0 Å². The number of aliphatic hydroxyl groups is 1. The van der Waals surface area contributed by atoms with Crippen molar-refractivity contribution < 1.29 is 31.4 Å². The summed E-state index contributed by atoms with van der Waals surface area (Å²) >= 11 is 0. The van der Waals surface area contributed by atoms with Crippen molar-refractivity contribution in [2.75, 3.05) is 0 Å². The fourth-order valence-electron chi connectivity index (χ4n) is 1.78. The van der Waals surface area contributed by atoms with Crippen LogP contribution in [0, 0.1) is 11.8 Å². The molecule has 17 heavy (non-hydrogen) atoms. The number of halogens is 6. The molecule has 0 radical (unpaired) electrons. The van der Waals surface area contributed by atoms with Gasteiger partial charge in [-0.1, -0.05) is 26.7 Å². The first-order valence-corrected chi connectivity index (χ1v) is 5.31. The summed E-state index contributed by atoms with van der Waals surface area (Å²) in [7, 11) is 0. The van der Waals surface area contributed by atoms with Crippen LogP contribution < -0.4 is 0 Å². The molecule has 0 aromatic carbocycles. The van der Waals surface area contributed by atoms with E-state index in [1.54, 1.807) is 6.92 Å². The van der Waals surface area contributed by atoms with Crippen molar-refractivity contribution in [1.82, 2.24) is 0 Å². The first-order chi connectivity index (χ1) is 7.50. The third-order valence-electron chi connectivity index (χ3n) is 2.52. The first kappa shape index (κ1) is 16.5. The Kier molecular flexibility index (Phi) is 5.77. The molecule has 0 aliphatic heterocycles. The minimum atomic E-state index is -5.47. The molecule has 0 aliphatic carbocycles. The quantitative estimate of drug-likeness (QED) is 0.748. The minimum Gasteiger partial charge on any atom is -0.392 e. The van der Waals surface area contributed by atoms with Crippen molar-refractivity contribution in [1.29, 1.82) is 0 Å². The summed E-state index contributed by atoms with van der Waals surface area (Å²) in [6.07, 6.45) is -12.7. The normalized spacial score (nSPS) is 17.3. The maximum atomic E-state index is 12.2. The summed E-state index contributed by atoms with van der Waals surface area (Å²) in [5.74, 6) is -4.03. The van der Waals surface area contributed by atoms with E-state index >= 15 is 0 Å². The molecule has 0 amide bonds. The molecule has 0 fully saturated rings. The molecule has 0 rings (SSSR count). The van der Waals surface area contributed by atoms with Crippen LogP contribution in [0.5, 0.6) is 0 Å². The van der Waals surface area contributed by atoms with Gasteiger partial charge in [0.15, 0.2) is 5.92 Å². The molecule has 0 heterocycles. The third kappa shape index (κ3) is 5.61. The lowest BCUT2D eigenvalue weighted by Gasteiger charge is -2.28. The van der Waals surface area contributed by atoms with Crippen LogP contribution in [0.15, 0.2) is 0 Å². The van der Waals surface area contributed by atoms with Crippen LogP contribution in [-0.4, -0.2) is 23.6 Å². The molecular formula is C10H16F6O. The number of rotatable bonds is 5. The number of hydrogen-bond acceptors (Lipinski definition) is 1. The summed E-state index contributed by atoms with van der Waals surface area (Å²) in [5, 5.41) is 9.14. The summed E-state index contributed by atoms with van der Waals surface area (Å²) in [6, 6.07) is 0. The third-order valence-corrected chi connectivity index (χ3v) is 2.52. The average Bonchev–Trinajstić information content (AvgIpc) is 1.96. The lowest BCUT2D eigenvalue weighted by Crippen LogP contribution is -2.45. The van der Waals surface area contributed by atoms with Gasteiger partial charge in [-0.15, -0.1) is 0 Å². The van der Waals surface area contributed by atoms with Gasteiger partial charge in [0.2, 0.25) is 0 Å². The first-order valence-electron chi connectivity index (χ1n) is 5.31. The fourth-order valence-corrected chi connectivity index (χ4v) is 1.78. The van der Waals surface area contributed by atoms with Crippen LogP contribution in [0.1, 0.15) is 33.1 Å². The Hall–Kier alpha value is -0.460. The summed E-state index contributed by atoms with van der Waals surface area (Å²) < 4.78 is 73.3. The van der Waals surface area contributed by atoms with E-state index in [9.17, 15) is 26.3 Å². The predicted octanol–water partition coefficient (Wildman–Crippen LogP) is 3.91.